The van der Waals surface area contributed by atoms with Gasteiger partial charge in [-0.2, -0.15) is 5.10 Å². The molecule has 1 N–H and O–H groups in total. The third-order valence-electron chi connectivity index (χ3n) is 4.15. The van der Waals surface area contributed by atoms with Crippen molar-refractivity contribution in [3.05, 3.63) is 36.0 Å². The van der Waals surface area contributed by atoms with Crippen LogP contribution in [0, 0.1) is 12.8 Å². The SMILES string of the molecule is CCN=C(NS(=O)(=O)c1sc(-c2ccccc2)nc1C)N1CC(CC)C=N1. The summed E-state index contributed by atoms with van der Waals surface area (Å²) in [4.78, 5) is 8.74. The van der Waals surface area contributed by atoms with Gasteiger partial charge in [0.25, 0.3) is 10.0 Å². The molecule has 1 atom stereocenters. The summed E-state index contributed by atoms with van der Waals surface area (Å²) in [5, 5.41) is 6.59. The van der Waals surface area contributed by atoms with E-state index in [1.165, 1.54) is 0 Å². The first-order valence-electron chi connectivity index (χ1n) is 8.86. The largest absolute Gasteiger partial charge is 0.275 e. The topological polar surface area (TPSA) is 87.0 Å². The second-order valence-corrected chi connectivity index (χ2v) is 9.05. The molecule has 2 heterocycles. The summed E-state index contributed by atoms with van der Waals surface area (Å²) in [7, 11) is -3.80. The van der Waals surface area contributed by atoms with Crippen LogP contribution < -0.4 is 4.72 Å². The predicted octanol–water partition coefficient (Wildman–Crippen LogP) is 3.10. The Kier molecular flexibility index (Phi) is 5.91. The third kappa shape index (κ3) is 4.36. The molecule has 7 nitrogen and oxygen atoms in total. The number of guanidine groups is 1. The number of hydrogen-bond acceptors (Lipinski definition) is 6. The molecule has 0 aliphatic carbocycles. The van der Waals surface area contributed by atoms with Gasteiger partial charge < -0.3 is 0 Å². The molecule has 0 fully saturated rings. The van der Waals surface area contributed by atoms with Crippen molar-refractivity contribution in [2.24, 2.45) is 16.0 Å². The Morgan fingerprint density at radius 2 is 2.07 bits per heavy atom. The van der Waals surface area contributed by atoms with Crippen molar-refractivity contribution < 1.29 is 8.42 Å². The van der Waals surface area contributed by atoms with Gasteiger partial charge in [-0.25, -0.2) is 23.1 Å². The molecule has 1 aliphatic heterocycles. The number of rotatable bonds is 5. The first-order valence-corrected chi connectivity index (χ1v) is 11.2. The second-order valence-electron chi connectivity index (χ2n) is 6.18. The second kappa shape index (κ2) is 8.18. The highest BCUT2D eigenvalue weighted by Gasteiger charge is 2.28. The van der Waals surface area contributed by atoms with Gasteiger partial charge in [-0.15, -0.1) is 11.3 Å². The molecule has 0 bridgehead atoms. The fourth-order valence-electron chi connectivity index (χ4n) is 2.69. The fourth-order valence-corrected chi connectivity index (χ4v) is 5.23. The number of nitrogens with zero attached hydrogens (tertiary/aromatic N) is 4. The van der Waals surface area contributed by atoms with Crippen molar-refractivity contribution in [2.45, 2.75) is 31.4 Å². The summed E-state index contributed by atoms with van der Waals surface area (Å²) in [5.41, 5.74) is 1.36. The summed E-state index contributed by atoms with van der Waals surface area (Å²) >= 11 is 1.15. The van der Waals surface area contributed by atoms with Crippen molar-refractivity contribution >= 4 is 33.5 Å². The minimum Gasteiger partial charge on any atom is -0.251 e. The monoisotopic (exact) mass is 405 g/mol. The lowest BCUT2D eigenvalue weighted by atomic mass is 10.1. The van der Waals surface area contributed by atoms with E-state index in [2.05, 4.69) is 26.7 Å². The van der Waals surface area contributed by atoms with Gasteiger partial charge in [0.15, 0.2) is 4.21 Å². The lowest BCUT2D eigenvalue weighted by Crippen LogP contribution is -2.41. The maximum Gasteiger partial charge on any atom is 0.275 e. The zero-order valence-electron chi connectivity index (χ0n) is 15.6. The molecule has 1 aliphatic rings. The van der Waals surface area contributed by atoms with Gasteiger partial charge in [-0.1, -0.05) is 37.3 Å². The number of aryl methyl sites for hydroxylation is 1. The average molecular weight is 406 g/mol. The Bertz CT molecular complexity index is 951. The van der Waals surface area contributed by atoms with E-state index in [0.29, 0.717) is 29.7 Å². The highest BCUT2D eigenvalue weighted by atomic mass is 32.2. The molecule has 3 rings (SSSR count). The summed E-state index contributed by atoms with van der Waals surface area (Å²) < 4.78 is 28.8. The average Bonchev–Trinajstić information content (AvgIpc) is 3.29. The maximum atomic E-state index is 13.0. The van der Waals surface area contributed by atoms with Crippen molar-refractivity contribution in [1.29, 1.82) is 0 Å². The normalized spacial score (nSPS) is 17.5. The summed E-state index contributed by atoms with van der Waals surface area (Å²) in [6.07, 6.45) is 2.78. The van der Waals surface area contributed by atoms with E-state index in [0.717, 1.165) is 23.3 Å². The van der Waals surface area contributed by atoms with E-state index >= 15 is 0 Å². The van der Waals surface area contributed by atoms with Gasteiger partial charge in [0, 0.05) is 24.2 Å². The van der Waals surface area contributed by atoms with Crippen LogP contribution in [0.25, 0.3) is 10.6 Å². The Morgan fingerprint density at radius 3 is 2.70 bits per heavy atom. The van der Waals surface area contributed by atoms with Crippen LogP contribution in [0.3, 0.4) is 0 Å². The molecule has 0 spiro atoms. The molecular weight excluding hydrogens is 382 g/mol. The van der Waals surface area contributed by atoms with Crippen LogP contribution >= 0.6 is 11.3 Å². The van der Waals surface area contributed by atoms with Gasteiger partial charge in [0.05, 0.1) is 12.2 Å². The van der Waals surface area contributed by atoms with Crippen LogP contribution in [0.1, 0.15) is 26.0 Å². The van der Waals surface area contributed by atoms with Crippen LogP contribution in [-0.2, 0) is 10.0 Å². The lowest BCUT2D eigenvalue weighted by Gasteiger charge is -2.18. The Labute approximate surface area is 163 Å². The van der Waals surface area contributed by atoms with Crippen molar-refractivity contribution in [2.75, 3.05) is 13.1 Å². The van der Waals surface area contributed by atoms with Gasteiger partial charge >= 0.3 is 0 Å². The van der Waals surface area contributed by atoms with E-state index in [4.69, 9.17) is 0 Å². The zero-order chi connectivity index (χ0) is 19.4. The van der Waals surface area contributed by atoms with Crippen LogP contribution in [-0.4, -0.2) is 43.7 Å². The number of sulfonamides is 1. The molecule has 1 aromatic carbocycles. The molecule has 0 saturated heterocycles. The number of aromatic nitrogens is 1. The molecule has 1 unspecified atom stereocenters. The summed E-state index contributed by atoms with van der Waals surface area (Å²) in [6.45, 7) is 6.71. The van der Waals surface area contributed by atoms with E-state index in [9.17, 15) is 8.42 Å². The van der Waals surface area contributed by atoms with Gasteiger partial charge in [0.1, 0.15) is 5.01 Å². The molecule has 27 heavy (non-hydrogen) atoms. The lowest BCUT2D eigenvalue weighted by molar-refractivity contribution is 0.429. The number of nitrogens with one attached hydrogen (secondary N) is 1. The zero-order valence-corrected chi connectivity index (χ0v) is 17.2. The Balaban J connectivity index is 1.87. The number of thiazole rings is 1. The minimum atomic E-state index is -3.80. The highest BCUT2D eigenvalue weighted by Crippen LogP contribution is 2.30. The molecule has 9 heteroatoms. The maximum absolute atomic E-state index is 13.0. The molecule has 0 amide bonds. The van der Waals surface area contributed by atoms with Crippen LogP contribution in [0.5, 0.6) is 0 Å². The third-order valence-corrected chi connectivity index (χ3v) is 7.29. The van der Waals surface area contributed by atoms with Gasteiger partial charge in [-0.3, -0.25) is 4.99 Å². The van der Waals surface area contributed by atoms with Crippen LogP contribution in [0.4, 0.5) is 0 Å². The van der Waals surface area contributed by atoms with E-state index in [1.807, 2.05) is 43.5 Å². The molecule has 144 valence electrons. The predicted molar refractivity (Wildman–Crippen MR) is 110 cm³/mol. The van der Waals surface area contributed by atoms with E-state index < -0.39 is 10.0 Å². The number of benzene rings is 1. The van der Waals surface area contributed by atoms with E-state index in [-0.39, 0.29) is 10.2 Å². The molecule has 2 aromatic rings. The number of hydrazone groups is 1. The Morgan fingerprint density at radius 1 is 1.33 bits per heavy atom. The molecule has 0 saturated carbocycles. The van der Waals surface area contributed by atoms with Crippen LogP contribution in [0.15, 0.2) is 44.6 Å². The van der Waals surface area contributed by atoms with Crippen molar-refractivity contribution in [3.8, 4) is 10.6 Å². The summed E-state index contributed by atoms with van der Waals surface area (Å²) in [6, 6.07) is 9.54. The number of hydrogen-bond donors (Lipinski definition) is 1. The number of aliphatic imine (C=N–C) groups is 1. The first-order chi connectivity index (χ1) is 12.9. The minimum absolute atomic E-state index is 0.195. The van der Waals surface area contributed by atoms with Crippen molar-refractivity contribution in [1.82, 2.24) is 14.7 Å². The first kappa shape index (κ1) is 19.5. The highest BCUT2D eigenvalue weighted by molar-refractivity contribution is 7.92. The molecule has 0 radical (unpaired) electrons. The molecule has 1 aromatic heterocycles. The van der Waals surface area contributed by atoms with Crippen molar-refractivity contribution in [3.63, 3.8) is 0 Å². The van der Waals surface area contributed by atoms with Gasteiger partial charge in [0.2, 0.25) is 5.96 Å². The smallest absolute Gasteiger partial charge is 0.251 e. The quantitative estimate of drug-likeness (QED) is 0.612. The fraction of sp³-hybridized carbons (Fsp3) is 0.389. The van der Waals surface area contributed by atoms with E-state index in [1.54, 1.807) is 11.9 Å². The molecular formula is C18H23N5O2S2. The Hall–Kier alpha value is -2.26. The van der Waals surface area contributed by atoms with Gasteiger partial charge in [-0.05, 0) is 20.3 Å². The summed E-state index contributed by atoms with van der Waals surface area (Å²) in [5.74, 6) is 0.546. The standard InChI is InChI=1S/C18H23N5O2S2/c1-4-14-11-20-23(12-14)18(19-5-2)22-27(24,25)17-13(3)21-16(26-17)15-9-7-6-8-10-15/h6-11,14H,4-5,12H2,1-3H3,(H,19,22). The van der Waals surface area contributed by atoms with Crippen LogP contribution in [0.2, 0.25) is 0 Å².